The van der Waals surface area contributed by atoms with E-state index in [2.05, 4.69) is 0 Å². The highest BCUT2D eigenvalue weighted by Gasteiger charge is 2.53. The van der Waals surface area contributed by atoms with Crippen molar-refractivity contribution in [2.75, 3.05) is 26.2 Å². The van der Waals surface area contributed by atoms with Crippen LogP contribution in [0.15, 0.2) is 53.4 Å². The van der Waals surface area contributed by atoms with E-state index in [0.717, 1.165) is 18.4 Å². The molecule has 1 saturated heterocycles. The largest absolute Gasteiger partial charge is 0.339 e. The molecule has 0 aromatic heterocycles. The second-order valence-electron chi connectivity index (χ2n) is 7.20. The van der Waals surface area contributed by atoms with Crippen LogP contribution in [0.25, 0.3) is 0 Å². The summed E-state index contributed by atoms with van der Waals surface area (Å²) in [4.78, 5) is 14.9. The first-order valence-electron chi connectivity index (χ1n) is 9.15. The Kier molecular flexibility index (Phi) is 5.16. The van der Waals surface area contributed by atoms with Gasteiger partial charge in [-0.15, -0.1) is 0 Å². The average Bonchev–Trinajstić information content (AvgIpc) is 3.52. The third-order valence-corrected chi connectivity index (χ3v) is 8.42. The molecular formula is C20H20Cl2N2O3S. The molecule has 28 heavy (non-hydrogen) atoms. The van der Waals surface area contributed by atoms with Crippen LogP contribution in [0.2, 0.25) is 10.0 Å². The zero-order valence-corrected chi connectivity index (χ0v) is 17.5. The molecule has 1 heterocycles. The molecule has 1 amide bonds. The number of piperazine rings is 1. The van der Waals surface area contributed by atoms with Gasteiger partial charge in [-0.1, -0.05) is 59.6 Å². The Labute approximate surface area is 174 Å². The van der Waals surface area contributed by atoms with E-state index in [9.17, 15) is 13.2 Å². The van der Waals surface area contributed by atoms with Gasteiger partial charge in [-0.3, -0.25) is 4.79 Å². The molecule has 8 heteroatoms. The number of rotatable bonds is 4. The first kappa shape index (κ1) is 19.7. The van der Waals surface area contributed by atoms with E-state index in [1.807, 2.05) is 30.3 Å². The number of benzene rings is 2. The van der Waals surface area contributed by atoms with Crippen LogP contribution in [0.4, 0.5) is 0 Å². The fraction of sp³-hybridized carbons (Fsp3) is 0.350. The van der Waals surface area contributed by atoms with E-state index in [0.29, 0.717) is 13.1 Å². The Hall–Kier alpha value is -1.60. The van der Waals surface area contributed by atoms with Crippen molar-refractivity contribution in [1.29, 1.82) is 0 Å². The van der Waals surface area contributed by atoms with Crippen molar-refractivity contribution in [3.8, 4) is 0 Å². The number of carbonyl (C=O) groups excluding carboxylic acids is 1. The first-order valence-corrected chi connectivity index (χ1v) is 11.3. The zero-order valence-electron chi connectivity index (χ0n) is 15.1. The van der Waals surface area contributed by atoms with Gasteiger partial charge >= 0.3 is 0 Å². The van der Waals surface area contributed by atoms with Crippen LogP contribution in [0, 0.1) is 0 Å². The molecule has 0 radical (unpaired) electrons. The molecule has 4 rings (SSSR count). The van der Waals surface area contributed by atoms with Crippen molar-refractivity contribution in [1.82, 2.24) is 9.21 Å². The van der Waals surface area contributed by atoms with Gasteiger partial charge in [0.1, 0.15) is 4.90 Å². The lowest BCUT2D eigenvalue weighted by Gasteiger charge is -2.36. The lowest BCUT2D eigenvalue weighted by molar-refractivity contribution is -0.135. The maximum atomic E-state index is 13.1. The second-order valence-corrected chi connectivity index (χ2v) is 9.89. The highest BCUT2D eigenvalue weighted by molar-refractivity contribution is 7.89. The number of sulfonamides is 1. The van der Waals surface area contributed by atoms with Gasteiger partial charge in [-0.2, -0.15) is 4.31 Å². The number of carbonyl (C=O) groups is 1. The first-order chi connectivity index (χ1) is 13.4. The van der Waals surface area contributed by atoms with Gasteiger partial charge in [-0.05, 0) is 30.5 Å². The van der Waals surface area contributed by atoms with Crippen LogP contribution in [0.1, 0.15) is 18.4 Å². The minimum atomic E-state index is -3.76. The summed E-state index contributed by atoms with van der Waals surface area (Å²) in [5, 5.41) is 0.235. The van der Waals surface area contributed by atoms with Crippen LogP contribution >= 0.6 is 23.2 Å². The molecule has 1 aliphatic carbocycles. The van der Waals surface area contributed by atoms with Gasteiger partial charge in [0.2, 0.25) is 15.9 Å². The van der Waals surface area contributed by atoms with Gasteiger partial charge in [0.25, 0.3) is 0 Å². The Balaban J connectivity index is 1.48. The van der Waals surface area contributed by atoms with Crippen LogP contribution in [0.3, 0.4) is 0 Å². The number of halogens is 2. The molecule has 2 aromatic rings. The van der Waals surface area contributed by atoms with Crippen LogP contribution in [0.5, 0.6) is 0 Å². The normalized spacial score (nSPS) is 19.4. The number of hydrogen-bond acceptors (Lipinski definition) is 3. The maximum Gasteiger partial charge on any atom is 0.244 e. The molecule has 0 bridgehead atoms. The van der Waals surface area contributed by atoms with E-state index < -0.39 is 15.4 Å². The van der Waals surface area contributed by atoms with E-state index in [1.165, 1.54) is 10.4 Å². The van der Waals surface area contributed by atoms with Gasteiger partial charge in [-0.25, -0.2) is 8.42 Å². The summed E-state index contributed by atoms with van der Waals surface area (Å²) in [6, 6.07) is 14.4. The van der Waals surface area contributed by atoms with E-state index in [-0.39, 0.29) is 33.9 Å². The van der Waals surface area contributed by atoms with E-state index in [4.69, 9.17) is 23.2 Å². The lowest BCUT2D eigenvalue weighted by atomic mass is 9.94. The molecule has 2 aliphatic rings. The highest BCUT2D eigenvalue weighted by atomic mass is 35.5. The van der Waals surface area contributed by atoms with Gasteiger partial charge < -0.3 is 4.90 Å². The summed E-state index contributed by atoms with van der Waals surface area (Å²) in [6.45, 7) is 1.21. The maximum absolute atomic E-state index is 13.1. The average molecular weight is 439 g/mol. The van der Waals surface area contributed by atoms with Gasteiger partial charge in [0, 0.05) is 26.2 Å². The SMILES string of the molecule is O=C(N1CCN(S(=O)(=O)c2cccc(Cl)c2Cl)CC1)C1(c2ccccc2)CC1. The zero-order chi connectivity index (χ0) is 19.9. The van der Waals surface area contributed by atoms with Crippen molar-refractivity contribution in [2.45, 2.75) is 23.2 Å². The monoisotopic (exact) mass is 438 g/mol. The smallest absolute Gasteiger partial charge is 0.244 e. The Morgan fingerprint density at radius 1 is 0.893 bits per heavy atom. The molecule has 2 fully saturated rings. The predicted octanol–water partition coefficient (Wildman–Crippen LogP) is 3.56. The molecule has 0 atom stereocenters. The van der Waals surface area contributed by atoms with Crippen molar-refractivity contribution in [3.63, 3.8) is 0 Å². The van der Waals surface area contributed by atoms with Crippen LogP contribution in [-0.2, 0) is 20.2 Å². The molecule has 0 N–H and O–H groups in total. The predicted molar refractivity (Wildman–Crippen MR) is 109 cm³/mol. The van der Waals surface area contributed by atoms with Gasteiger partial charge in [0.05, 0.1) is 15.5 Å². The van der Waals surface area contributed by atoms with Crippen LogP contribution in [-0.4, -0.2) is 49.7 Å². The van der Waals surface area contributed by atoms with Crippen molar-refractivity contribution in [2.24, 2.45) is 0 Å². The Bertz CT molecular complexity index is 999. The summed E-state index contributed by atoms with van der Waals surface area (Å²) in [7, 11) is -3.76. The molecule has 0 unspecified atom stereocenters. The standard InChI is InChI=1S/C20H20Cl2N2O3S/c21-16-7-4-8-17(18(16)22)28(26,27)24-13-11-23(12-14-24)19(25)20(9-10-20)15-5-2-1-3-6-15/h1-8H,9-14H2. The summed E-state index contributed by atoms with van der Waals surface area (Å²) in [5.74, 6) is 0.0940. The molecule has 148 valence electrons. The quantitative estimate of drug-likeness (QED) is 0.732. The molecule has 5 nitrogen and oxygen atoms in total. The topological polar surface area (TPSA) is 57.7 Å². The molecule has 1 aliphatic heterocycles. The van der Waals surface area contributed by atoms with Crippen LogP contribution < -0.4 is 0 Å². The fourth-order valence-electron chi connectivity index (χ4n) is 3.76. The minimum Gasteiger partial charge on any atom is -0.339 e. The summed E-state index contributed by atoms with van der Waals surface area (Å²) < 4.78 is 27.3. The lowest BCUT2D eigenvalue weighted by Crippen LogP contribution is -2.52. The minimum absolute atomic E-state index is 0.00407. The summed E-state index contributed by atoms with van der Waals surface area (Å²) in [6.07, 6.45) is 1.68. The van der Waals surface area contributed by atoms with Gasteiger partial charge in [0.15, 0.2) is 0 Å². The third kappa shape index (κ3) is 3.32. The summed E-state index contributed by atoms with van der Waals surface area (Å²) >= 11 is 12.1. The molecular weight excluding hydrogens is 419 g/mol. The number of hydrogen-bond donors (Lipinski definition) is 0. The van der Waals surface area contributed by atoms with E-state index in [1.54, 1.807) is 17.0 Å². The fourth-order valence-corrected chi connectivity index (χ4v) is 5.92. The Morgan fingerprint density at radius 3 is 2.14 bits per heavy atom. The second kappa shape index (κ2) is 7.34. The van der Waals surface area contributed by atoms with Crippen molar-refractivity contribution < 1.29 is 13.2 Å². The number of amides is 1. The van der Waals surface area contributed by atoms with Crippen molar-refractivity contribution in [3.05, 3.63) is 64.1 Å². The van der Waals surface area contributed by atoms with E-state index >= 15 is 0 Å². The third-order valence-electron chi connectivity index (χ3n) is 5.55. The Morgan fingerprint density at radius 2 is 1.54 bits per heavy atom. The molecule has 1 saturated carbocycles. The molecule has 0 spiro atoms. The molecule has 2 aromatic carbocycles. The van der Waals surface area contributed by atoms with Crippen molar-refractivity contribution >= 4 is 39.1 Å². The highest BCUT2D eigenvalue weighted by Crippen LogP contribution is 2.49. The number of nitrogens with zero attached hydrogens (tertiary/aromatic N) is 2. The summed E-state index contributed by atoms with van der Waals surface area (Å²) in [5.41, 5.74) is 0.610.